The highest BCUT2D eigenvalue weighted by molar-refractivity contribution is 6.05. The Kier molecular flexibility index (Phi) is 6.20. The summed E-state index contributed by atoms with van der Waals surface area (Å²) in [7, 11) is 1.44. The Morgan fingerprint density at radius 1 is 1.17 bits per heavy atom. The van der Waals surface area contributed by atoms with Crippen molar-refractivity contribution in [2.75, 3.05) is 23.1 Å². The minimum atomic E-state index is -4.55. The number of benzene rings is 2. The molecule has 2 aromatic carbocycles. The fourth-order valence-corrected chi connectivity index (χ4v) is 3.70. The van der Waals surface area contributed by atoms with Crippen LogP contribution >= 0.6 is 0 Å². The van der Waals surface area contributed by atoms with Crippen LogP contribution in [0.5, 0.6) is 5.75 Å². The van der Waals surface area contributed by atoms with Crippen molar-refractivity contribution >= 4 is 35.0 Å². The fourth-order valence-electron chi connectivity index (χ4n) is 3.70. The molecule has 0 aliphatic carbocycles. The summed E-state index contributed by atoms with van der Waals surface area (Å²) < 4.78 is 44.2. The number of aromatic amines is 1. The summed E-state index contributed by atoms with van der Waals surface area (Å²) in [5.74, 6) is -2.27. The number of nitrogens with zero attached hydrogens (tertiary/aromatic N) is 1. The molecule has 1 atom stereocenters. The van der Waals surface area contributed by atoms with Gasteiger partial charge in [0.25, 0.3) is 5.56 Å². The summed E-state index contributed by atoms with van der Waals surface area (Å²) in [6.07, 6.45) is -4.85. The third-order valence-electron chi connectivity index (χ3n) is 5.33. The minimum absolute atomic E-state index is 0.0193. The summed E-state index contributed by atoms with van der Waals surface area (Å²) in [4.78, 5) is 44.8. The van der Waals surface area contributed by atoms with Crippen molar-refractivity contribution in [2.45, 2.75) is 25.4 Å². The number of ether oxygens (including phenoxy) is 1. The number of halogens is 3. The molecule has 0 fully saturated rings. The smallest absolute Gasteiger partial charge is 0.416 e. The van der Waals surface area contributed by atoms with Crippen LogP contribution in [0.25, 0.3) is 0 Å². The lowest BCUT2D eigenvalue weighted by atomic mass is 9.92. The van der Waals surface area contributed by atoms with E-state index in [2.05, 4.69) is 25.9 Å². The first kappa shape index (κ1) is 23.8. The third kappa shape index (κ3) is 5.10. The van der Waals surface area contributed by atoms with Crippen LogP contribution in [0.3, 0.4) is 0 Å². The normalized spacial score (nSPS) is 15.1. The Bertz CT molecular complexity index is 1370. The average molecular weight is 487 g/mol. The summed E-state index contributed by atoms with van der Waals surface area (Å²) >= 11 is 0. The topological polar surface area (TPSA) is 125 Å². The predicted molar refractivity (Wildman–Crippen MR) is 122 cm³/mol. The van der Waals surface area contributed by atoms with E-state index < -0.39 is 35.0 Å². The van der Waals surface area contributed by atoms with Gasteiger partial charge in [0.05, 0.1) is 29.8 Å². The van der Waals surface area contributed by atoms with E-state index in [0.29, 0.717) is 11.4 Å². The van der Waals surface area contributed by atoms with E-state index in [0.717, 1.165) is 17.7 Å². The van der Waals surface area contributed by atoms with Crippen molar-refractivity contribution < 1.29 is 27.5 Å². The van der Waals surface area contributed by atoms with Crippen molar-refractivity contribution in [1.29, 1.82) is 0 Å². The number of fused-ring (bicyclic) bond motifs is 1. The molecule has 12 heteroatoms. The average Bonchev–Trinajstić information content (AvgIpc) is 2.78. The van der Waals surface area contributed by atoms with Crippen LogP contribution in [0, 0.1) is 6.92 Å². The number of amides is 2. The van der Waals surface area contributed by atoms with E-state index in [1.54, 1.807) is 18.2 Å². The molecule has 2 amide bonds. The second-order valence-electron chi connectivity index (χ2n) is 7.88. The van der Waals surface area contributed by atoms with Gasteiger partial charge in [0, 0.05) is 12.1 Å². The van der Waals surface area contributed by atoms with E-state index in [1.165, 1.54) is 19.2 Å². The van der Waals surface area contributed by atoms with Crippen molar-refractivity contribution in [1.82, 2.24) is 9.97 Å². The molecule has 1 aromatic heterocycles. The summed E-state index contributed by atoms with van der Waals surface area (Å²) in [5, 5.41) is 7.73. The first-order valence-electron chi connectivity index (χ1n) is 10.4. The predicted octanol–water partition coefficient (Wildman–Crippen LogP) is 3.91. The van der Waals surface area contributed by atoms with Gasteiger partial charge in [-0.2, -0.15) is 18.2 Å². The van der Waals surface area contributed by atoms with Crippen molar-refractivity contribution in [2.24, 2.45) is 0 Å². The van der Waals surface area contributed by atoms with Crippen LogP contribution in [-0.4, -0.2) is 28.9 Å². The van der Waals surface area contributed by atoms with E-state index >= 15 is 0 Å². The number of nitrogens with one attached hydrogen (secondary N) is 4. The van der Waals surface area contributed by atoms with Gasteiger partial charge in [-0.3, -0.25) is 19.4 Å². The molecule has 1 aliphatic heterocycles. The van der Waals surface area contributed by atoms with Crippen LogP contribution in [0.4, 0.5) is 36.3 Å². The second kappa shape index (κ2) is 9.12. The van der Waals surface area contributed by atoms with E-state index in [4.69, 9.17) is 4.74 Å². The Morgan fingerprint density at radius 2 is 1.94 bits per heavy atom. The molecule has 3 aromatic rings. The number of aryl methyl sites for hydroxylation is 1. The van der Waals surface area contributed by atoms with E-state index in [1.807, 2.05) is 6.92 Å². The molecule has 0 unspecified atom stereocenters. The van der Waals surface area contributed by atoms with Gasteiger partial charge in [-0.1, -0.05) is 12.1 Å². The Balaban J connectivity index is 1.64. The van der Waals surface area contributed by atoms with Crippen molar-refractivity contribution in [3.63, 3.8) is 0 Å². The largest absolute Gasteiger partial charge is 0.495 e. The van der Waals surface area contributed by atoms with Gasteiger partial charge in [0.1, 0.15) is 11.6 Å². The summed E-state index contributed by atoms with van der Waals surface area (Å²) in [5.41, 5.74) is -0.431. The van der Waals surface area contributed by atoms with Crippen LogP contribution < -0.4 is 26.2 Å². The number of carbonyl (C=O) groups is 2. The van der Waals surface area contributed by atoms with Gasteiger partial charge < -0.3 is 20.7 Å². The first-order chi connectivity index (χ1) is 16.5. The SMILES string of the molecule is COc1ccc(C)cc1NC(=O)[C@@H]1CC(=O)Nc2nc(Nc3cccc(C(F)(F)F)c3)[nH]c(=O)c21. The number of hydrogen-bond donors (Lipinski definition) is 4. The summed E-state index contributed by atoms with van der Waals surface area (Å²) in [6.45, 7) is 1.83. The molecular weight excluding hydrogens is 467 g/mol. The molecule has 182 valence electrons. The molecule has 0 saturated heterocycles. The number of alkyl halides is 3. The van der Waals surface area contributed by atoms with Gasteiger partial charge in [-0.05, 0) is 42.8 Å². The van der Waals surface area contributed by atoms with Crippen molar-refractivity contribution in [3.8, 4) is 5.75 Å². The highest BCUT2D eigenvalue weighted by atomic mass is 19.4. The van der Waals surface area contributed by atoms with E-state index in [9.17, 15) is 27.6 Å². The fraction of sp³-hybridized carbons (Fsp3) is 0.217. The number of anilines is 4. The number of aromatic nitrogens is 2. The van der Waals surface area contributed by atoms with Gasteiger partial charge in [-0.25, -0.2) is 0 Å². The van der Waals surface area contributed by atoms with Gasteiger partial charge in [0.15, 0.2) is 0 Å². The lowest BCUT2D eigenvalue weighted by Gasteiger charge is -2.24. The van der Waals surface area contributed by atoms with Crippen molar-refractivity contribution in [3.05, 3.63) is 69.5 Å². The molecule has 0 radical (unpaired) electrons. The molecule has 0 saturated carbocycles. The lowest BCUT2D eigenvalue weighted by Crippen LogP contribution is -2.36. The molecule has 2 heterocycles. The first-order valence-corrected chi connectivity index (χ1v) is 10.4. The van der Waals surface area contributed by atoms with Gasteiger partial charge in [0.2, 0.25) is 17.8 Å². The molecule has 35 heavy (non-hydrogen) atoms. The maximum atomic E-state index is 13.1. The molecular formula is C23H20F3N5O4. The zero-order valence-corrected chi connectivity index (χ0v) is 18.5. The van der Waals surface area contributed by atoms with Gasteiger partial charge in [-0.15, -0.1) is 0 Å². The van der Waals surface area contributed by atoms with Crippen LogP contribution in [0.2, 0.25) is 0 Å². The maximum absolute atomic E-state index is 13.1. The zero-order valence-electron chi connectivity index (χ0n) is 18.5. The van der Waals surface area contributed by atoms with Gasteiger partial charge >= 0.3 is 6.18 Å². The van der Waals surface area contributed by atoms with E-state index in [-0.39, 0.29) is 29.4 Å². The van der Waals surface area contributed by atoms with Crippen LogP contribution in [0.15, 0.2) is 47.3 Å². The summed E-state index contributed by atoms with van der Waals surface area (Å²) in [6, 6.07) is 9.47. The molecule has 1 aliphatic rings. The second-order valence-corrected chi connectivity index (χ2v) is 7.88. The third-order valence-corrected chi connectivity index (χ3v) is 5.33. The highest BCUT2D eigenvalue weighted by Gasteiger charge is 2.35. The monoisotopic (exact) mass is 487 g/mol. The standard InChI is InChI=1S/C23H20F3N5O4/c1-11-6-7-16(35-2)15(8-11)28-20(33)14-10-17(32)29-19-18(14)21(34)31-22(30-19)27-13-5-3-4-12(9-13)23(24,25)26/h3-9,14H,10H2,1-2H3,(H,28,33)(H3,27,29,30,31,32,34)/t14-/m1/s1. The Labute approximate surface area is 196 Å². The molecule has 0 bridgehead atoms. The molecule has 4 N–H and O–H groups in total. The Morgan fingerprint density at radius 3 is 2.66 bits per heavy atom. The number of carbonyl (C=O) groups excluding carboxylic acids is 2. The van der Waals surface area contributed by atoms with Crippen LogP contribution in [0.1, 0.15) is 29.0 Å². The highest BCUT2D eigenvalue weighted by Crippen LogP contribution is 2.33. The molecule has 9 nitrogen and oxygen atoms in total. The number of H-pyrrole nitrogens is 1. The lowest BCUT2D eigenvalue weighted by molar-refractivity contribution is -0.137. The Hall–Kier alpha value is -4.35. The number of methoxy groups -OCH3 is 1. The quantitative estimate of drug-likeness (QED) is 0.433. The minimum Gasteiger partial charge on any atom is -0.495 e. The van der Waals surface area contributed by atoms with Crippen LogP contribution in [-0.2, 0) is 15.8 Å². The molecule has 0 spiro atoms. The number of rotatable bonds is 5. The molecule has 4 rings (SSSR count). The number of hydrogen-bond acceptors (Lipinski definition) is 6. The zero-order chi connectivity index (χ0) is 25.3. The maximum Gasteiger partial charge on any atom is 0.416 e.